The lowest BCUT2D eigenvalue weighted by Crippen LogP contribution is -2.47. The molecule has 0 bridgehead atoms. The van der Waals surface area contributed by atoms with Gasteiger partial charge >= 0.3 is 0 Å². The lowest BCUT2D eigenvalue weighted by atomic mass is 10.2. The van der Waals surface area contributed by atoms with Gasteiger partial charge in [0, 0.05) is 0 Å². The van der Waals surface area contributed by atoms with Crippen molar-refractivity contribution >= 4 is 11.8 Å². The van der Waals surface area contributed by atoms with Crippen LogP contribution in [0.3, 0.4) is 0 Å². The topological polar surface area (TPSA) is 118 Å². The van der Waals surface area contributed by atoms with Gasteiger partial charge < -0.3 is 16.6 Å². The number of aliphatic hydroxyl groups is 1. The Hall–Kier alpha value is -1.40. The van der Waals surface area contributed by atoms with E-state index in [0.29, 0.717) is 0 Å². The second kappa shape index (κ2) is 5.28. The Bertz CT molecular complexity index is 217. The molecule has 6 N–H and O–H groups in total. The number of amides is 2. The summed E-state index contributed by atoms with van der Waals surface area (Å²) in [6.45, 7) is 3.27. The van der Waals surface area contributed by atoms with Gasteiger partial charge in [0.15, 0.2) is 0 Å². The SMILES string of the molecule is C=CC(O)N[C@@H](CC(N)=O)C(N)=O. The van der Waals surface area contributed by atoms with Crippen molar-refractivity contribution in [1.82, 2.24) is 5.32 Å². The molecule has 0 aliphatic heterocycles. The predicted molar refractivity (Wildman–Crippen MR) is 46.1 cm³/mol. The first-order valence-corrected chi connectivity index (χ1v) is 3.61. The first-order valence-electron chi connectivity index (χ1n) is 3.61. The van der Waals surface area contributed by atoms with Gasteiger partial charge in [0.05, 0.1) is 12.5 Å². The number of aliphatic hydroxyl groups excluding tert-OH is 1. The normalized spacial score (nSPS) is 14.5. The van der Waals surface area contributed by atoms with Crippen molar-refractivity contribution in [1.29, 1.82) is 0 Å². The second-order valence-corrected chi connectivity index (χ2v) is 2.47. The smallest absolute Gasteiger partial charge is 0.235 e. The molecule has 0 saturated heterocycles. The van der Waals surface area contributed by atoms with E-state index in [1.165, 1.54) is 0 Å². The fraction of sp³-hybridized carbons (Fsp3) is 0.429. The van der Waals surface area contributed by atoms with E-state index in [-0.39, 0.29) is 6.42 Å². The average Bonchev–Trinajstić information content (AvgIpc) is 2.02. The summed E-state index contributed by atoms with van der Waals surface area (Å²) >= 11 is 0. The highest BCUT2D eigenvalue weighted by molar-refractivity contribution is 5.86. The first-order chi connectivity index (χ1) is 5.97. The summed E-state index contributed by atoms with van der Waals surface area (Å²) in [4.78, 5) is 21.1. The third-order valence-corrected chi connectivity index (χ3v) is 1.34. The number of nitrogens with one attached hydrogen (secondary N) is 1. The maximum Gasteiger partial charge on any atom is 0.235 e. The Balaban J connectivity index is 4.17. The maximum absolute atomic E-state index is 10.7. The zero-order valence-corrected chi connectivity index (χ0v) is 7.06. The van der Waals surface area contributed by atoms with E-state index in [4.69, 9.17) is 16.6 Å². The molecule has 0 aromatic rings. The Morgan fingerprint density at radius 3 is 2.38 bits per heavy atom. The zero-order chi connectivity index (χ0) is 10.4. The fourth-order valence-electron chi connectivity index (χ4n) is 0.717. The van der Waals surface area contributed by atoms with Crippen molar-refractivity contribution in [2.24, 2.45) is 11.5 Å². The molecule has 2 amide bonds. The van der Waals surface area contributed by atoms with Gasteiger partial charge in [-0.05, 0) is 6.08 Å². The van der Waals surface area contributed by atoms with Crippen LogP contribution in [0, 0.1) is 0 Å². The van der Waals surface area contributed by atoms with Crippen LogP contribution in [0.15, 0.2) is 12.7 Å². The molecule has 1 unspecified atom stereocenters. The number of rotatable bonds is 6. The molecule has 13 heavy (non-hydrogen) atoms. The van der Waals surface area contributed by atoms with Crippen molar-refractivity contribution in [3.63, 3.8) is 0 Å². The molecule has 0 radical (unpaired) electrons. The van der Waals surface area contributed by atoms with Gasteiger partial charge in [-0.15, -0.1) is 0 Å². The molecule has 2 atom stereocenters. The highest BCUT2D eigenvalue weighted by atomic mass is 16.3. The average molecular weight is 187 g/mol. The van der Waals surface area contributed by atoms with E-state index in [1.807, 2.05) is 0 Å². The third kappa shape index (κ3) is 4.94. The van der Waals surface area contributed by atoms with Crippen LogP contribution in [0.25, 0.3) is 0 Å². The second-order valence-electron chi connectivity index (χ2n) is 2.47. The zero-order valence-electron chi connectivity index (χ0n) is 7.06. The van der Waals surface area contributed by atoms with E-state index in [9.17, 15) is 9.59 Å². The summed E-state index contributed by atoms with van der Waals surface area (Å²) in [6, 6.07) is -0.967. The third-order valence-electron chi connectivity index (χ3n) is 1.34. The van der Waals surface area contributed by atoms with Crippen LogP contribution in [0.1, 0.15) is 6.42 Å². The molecule has 0 rings (SSSR count). The number of hydrogen-bond acceptors (Lipinski definition) is 4. The molecule has 0 heterocycles. The van der Waals surface area contributed by atoms with Crippen LogP contribution >= 0.6 is 0 Å². The summed E-state index contributed by atoms with van der Waals surface area (Å²) in [5, 5.41) is 11.4. The number of carbonyl (C=O) groups excluding carboxylic acids is 2. The molecule has 0 aliphatic carbocycles. The highest BCUT2D eigenvalue weighted by Crippen LogP contribution is 1.92. The molecule has 0 saturated carbocycles. The standard InChI is InChI=1S/C7H13N3O3/c1-2-6(12)10-4(7(9)13)3-5(8)11/h2,4,6,10,12H,1,3H2,(H2,8,11)(H2,9,13)/t4-,6?/m0/s1. The first kappa shape index (κ1) is 11.6. The van der Waals surface area contributed by atoms with Crippen LogP contribution in [-0.2, 0) is 9.59 Å². The van der Waals surface area contributed by atoms with Crippen LogP contribution in [0.4, 0.5) is 0 Å². The van der Waals surface area contributed by atoms with Crippen molar-refractivity contribution < 1.29 is 14.7 Å². The minimum Gasteiger partial charge on any atom is -0.375 e. The molecule has 0 aromatic carbocycles. The predicted octanol–water partition coefficient (Wildman–Crippen LogP) is -2.19. The monoisotopic (exact) mass is 187 g/mol. The summed E-state index contributed by atoms with van der Waals surface area (Å²) in [5.41, 5.74) is 9.79. The summed E-state index contributed by atoms with van der Waals surface area (Å²) in [6.07, 6.45) is -0.172. The Labute approximate surface area is 75.6 Å². The molecule has 0 aliphatic rings. The number of carbonyl (C=O) groups is 2. The van der Waals surface area contributed by atoms with Crippen molar-refractivity contribution in [3.8, 4) is 0 Å². The van der Waals surface area contributed by atoms with Crippen LogP contribution in [0.2, 0.25) is 0 Å². The van der Waals surface area contributed by atoms with Crippen LogP contribution < -0.4 is 16.8 Å². The fourth-order valence-corrected chi connectivity index (χ4v) is 0.717. The van der Waals surface area contributed by atoms with E-state index in [2.05, 4.69) is 11.9 Å². The molecule has 74 valence electrons. The molecule has 0 aromatic heterocycles. The van der Waals surface area contributed by atoms with Gasteiger partial charge in [0.1, 0.15) is 6.23 Å². The number of hydrogen-bond donors (Lipinski definition) is 4. The van der Waals surface area contributed by atoms with E-state index >= 15 is 0 Å². The van der Waals surface area contributed by atoms with Gasteiger partial charge in [0.25, 0.3) is 0 Å². The van der Waals surface area contributed by atoms with Gasteiger partial charge in [0.2, 0.25) is 11.8 Å². The van der Waals surface area contributed by atoms with Crippen LogP contribution in [-0.4, -0.2) is 29.2 Å². The van der Waals surface area contributed by atoms with Gasteiger partial charge in [-0.2, -0.15) is 0 Å². The minimum atomic E-state index is -1.09. The Morgan fingerprint density at radius 1 is 1.54 bits per heavy atom. The van der Waals surface area contributed by atoms with Crippen molar-refractivity contribution in [3.05, 3.63) is 12.7 Å². The van der Waals surface area contributed by atoms with Gasteiger partial charge in [-0.1, -0.05) is 6.58 Å². The minimum absolute atomic E-state index is 0.250. The van der Waals surface area contributed by atoms with Crippen LogP contribution in [0.5, 0.6) is 0 Å². The summed E-state index contributed by atoms with van der Waals surface area (Å²) in [7, 11) is 0. The molecule has 0 fully saturated rings. The maximum atomic E-state index is 10.7. The molecule has 6 nitrogen and oxygen atoms in total. The van der Waals surface area contributed by atoms with Gasteiger partial charge in [-0.25, -0.2) is 0 Å². The lowest BCUT2D eigenvalue weighted by molar-refractivity contribution is -0.125. The quantitative estimate of drug-likeness (QED) is 0.279. The number of primary amides is 2. The van der Waals surface area contributed by atoms with E-state index < -0.39 is 24.1 Å². The number of nitrogens with two attached hydrogens (primary N) is 2. The van der Waals surface area contributed by atoms with Crippen molar-refractivity contribution in [2.75, 3.05) is 0 Å². The van der Waals surface area contributed by atoms with Gasteiger partial charge in [-0.3, -0.25) is 14.9 Å². The Morgan fingerprint density at radius 2 is 2.08 bits per heavy atom. The Kier molecular flexibility index (Phi) is 4.71. The summed E-state index contributed by atoms with van der Waals surface area (Å²) < 4.78 is 0. The largest absolute Gasteiger partial charge is 0.375 e. The van der Waals surface area contributed by atoms with Crippen molar-refractivity contribution in [2.45, 2.75) is 18.7 Å². The molecular weight excluding hydrogens is 174 g/mol. The summed E-state index contributed by atoms with van der Waals surface area (Å²) in [5.74, 6) is -1.42. The highest BCUT2D eigenvalue weighted by Gasteiger charge is 2.19. The lowest BCUT2D eigenvalue weighted by Gasteiger charge is -2.15. The molecule has 6 heteroatoms. The molecule has 0 spiro atoms. The van der Waals surface area contributed by atoms with E-state index in [0.717, 1.165) is 6.08 Å². The molecular formula is C7H13N3O3. The van der Waals surface area contributed by atoms with E-state index in [1.54, 1.807) is 0 Å².